The van der Waals surface area contributed by atoms with Crippen LogP contribution < -0.4 is 5.73 Å². The van der Waals surface area contributed by atoms with Crippen molar-refractivity contribution in [1.29, 1.82) is 0 Å². The van der Waals surface area contributed by atoms with E-state index in [0.29, 0.717) is 18.3 Å². The van der Waals surface area contributed by atoms with E-state index in [1.54, 1.807) is 0 Å². The number of nitrogen functional groups attached to an aromatic ring is 1. The molecule has 104 valence electrons. The van der Waals surface area contributed by atoms with Crippen LogP contribution in [0, 0.1) is 25.2 Å². The molecule has 0 aliphatic rings. The van der Waals surface area contributed by atoms with Gasteiger partial charge < -0.3 is 10.3 Å². The molecular formula is C17H21N3. The predicted molar refractivity (Wildman–Crippen MR) is 84.2 cm³/mol. The molecule has 0 fully saturated rings. The number of hydrogen-bond acceptors (Lipinski definition) is 2. The van der Waals surface area contributed by atoms with Crippen molar-refractivity contribution < 1.29 is 0 Å². The third-order valence-corrected chi connectivity index (χ3v) is 3.32. The number of aryl methyl sites for hydroxylation is 1. The van der Waals surface area contributed by atoms with Gasteiger partial charge in [0.2, 0.25) is 0 Å². The average molecular weight is 267 g/mol. The molecule has 2 N–H and O–H groups in total. The summed E-state index contributed by atoms with van der Waals surface area (Å²) in [6.07, 6.45) is 6.44. The first-order valence-electron chi connectivity index (χ1n) is 6.88. The van der Waals surface area contributed by atoms with Gasteiger partial charge in [-0.05, 0) is 24.8 Å². The molecule has 0 saturated heterocycles. The maximum absolute atomic E-state index is 6.15. The molecule has 0 radical (unpaired) electrons. The van der Waals surface area contributed by atoms with Crippen molar-refractivity contribution in [3.63, 3.8) is 0 Å². The number of nitrogens with zero attached hydrogens (tertiary/aromatic N) is 2. The Hall–Kier alpha value is -2.21. The number of aromatic nitrogens is 2. The minimum atomic E-state index is 0.454. The quantitative estimate of drug-likeness (QED) is 0.864. The first-order chi connectivity index (χ1) is 9.52. The maximum Gasteiger partial charge on any atom is 0.132 e. The fraction of sp³-hybridized carbons (Fsp3) is 0.353. The fourth-order valence-corrected chi connectivity index (χ4v) is 2.35. The van der Waals surface area contributed by atoms with Crippen molar-refractivity contribution in [3.8, 4) is 23.6 Å². The highest BCUT2D eigenvalue weighted by Gasteiger charge is 2.12. The Labute approximate surface area is 120 Å². The van der Waals surface area contributed by atoms with E-state index in [-0.39, 0.29) is 0 Å². The summed E-state index contributed by atoms with van der Waals surface area (Å²) in [5.41, 5.74) is 9.33. The van der Waals surface area contributed by atoms with Gasteiger partial charge in [0.05, 0.1) is 6.54 Å². The Morgan fingerprint density at radius 1 is 1.30 bits per heavy atom. The normalized spacial score (nSPS) is 10.8. The minimum Gasteiger partial charge on any atom is -0.383 e. The van der Waals surface area contributed by atoms with E-state index in [2.05, 4.69) is 49.0 Å². The third kappa shape index (κ3) is 2.85. The molecule has 0 aliphatic heterocycles. The second-order valence-corrected chi connectivity index (χ2v) is 5.48. The van der Waals surface area contributed by atoms with Crippen molar-refractivity contribution in [2.24, 2.45) is 5.92 Å². The number of hydrogen-bond donors (Lipinski definition) is 1. The lowest BCUT2D eigenvalue weighted by Gasteiger charge is -2.06. The third-order valence-electron chi connectivity index (χ3n) is 3.32. The van der Waals surface area contributed by atoms with Gasteiger partial charge >= 0.3 is 0 Å². The highest BCUT2D eigenvalue weighted by molar-refractivity contribution is 5.71. The lowest BCUT2D eigenvalue weighted by Crippen LogP contribution is -2.03. The number of anilines is 1. The second kappa shape index (κ2) is 5.83. The van der Waals surface area contributed by atoms with Gasteiger partial charge in [-0.2, -0.15) is 0 Å². The summed E-state index contributed by atoms with van der Waals surface area (Å²) in [4.78, 5) is 4.53. The molecule has 0 spiro atoms. The number of benzene rings is 1. The summed E-state index contributed by atoms with van der Waals surface area (Å²) in [6, 6.07) is 8.45. The van der Waals surface area contributed by atoms with Crippen LogP contribution >= 0.6 is 0 Å². The monoisotopic (exact) mass is 267 g/mol. The Balaban J connectivity index is 2.33. The molecule has 1 aromatic carbocycles. The molecule has 2 aromatic rings. The van der Waals surface area contributed by atoms with Crippen LogP contribution in [0.25, 0.3) is 11.3 Å². The van der Waals surface area contributed by atoms with Crippen molar-refractivity contribution >= 4 is 5.82 Å². The van der Waals surface area contributed by atoms with Crippen LogP contribution in [0.3, 0.4) is 0 Å². The van der Waals surface area contributed by atoms with Crippen LogP contribution in [0.2, 0.25) is 0 Å². The topological polar surface area (TPSA) is 43.8 Å². The minimum absolute atomic E-state index is 0.454. The van der Waals surface area contributed by atoms with Gasteiger partial charge in [-0.25, -0.2) is 4.98 Å². The van der Waals surface area contributed by atoms with Gasteiger partial charge in [0.25, 0.3) is 0 Å². The van der Waals surface area contributed by atoms with Crippen molar-refractivity contribution in [2.45, 2.75) is 33.7 Å². The van der Waals surface area contributed by atoms with Crippen LogP contribution in [0.15, 0.2) is 24.3 Å². The zero-order chi connectivity index (χ0) is 14.7. The molecule has 0 bridgehead atoms. The molecule has 0 atom stereocenters. The van der Waals surface area contributed by atoms with E-state index in [4.69, 9.17) is 12.2 Å². The van der Waals surface area contributed by atoms with Gasteiger partial charge in [0, 0.05) is 5.56 Å². The van der Waals surface area contributed by atoms with E-state index in [1.165, 1.54) is 5.56 Å². The fourth-order valence-electron chi connectivity index (χ4n) is 2.35. The summed E-state index contributed by atoms with van der Waals surface area (Å²) in [7, 11) is 0. The van der Waals surface area contributed by atoms with Crippen LogP contribution in [0.5, 0.6) is 0 Å². The van der Waals surface area contributed by atoms with Gasteiger partial charge in [-0.3, -0.25) is 0 Å². The lowest BCUT2D eigenvalue weighted by atomic mass is 10.0. The predicted octanol–water partition coefficient (Wildman–Crippen LogP) is 3.27. The SMILES string of the molecule is C#CCn1c(C)nc(-c2ccc(CC(C)C)cc2)c1N. The first kappa shape index (κ1) is 14.2. The maximum atomic E-state index is 6.15. The lowest BCUT2D eigenvalue weighted by molar-refractivity contribution is 0.647. The summed E-state index contributed by atoms with van der Waals surface area (Å²) < 4.78 is 1.86. The molecule has 3 nitrogen and oxygen atoms in total. The summed E-state index contributed by atoms with van der Waals surface area (Å²) in [5.74, 6) is 4.74. The molecule has 3 heteroatoms. The molecule has 0 unspecified atom stereocenters. The Kier molecular flexibility index (Phi) is 4.14. The summed E-state index contributed by atoms with van der Waals surface area (Å²) >= 11 is 0. The van der Waals surface area contributed by atoms with Crippen LogP contribution in [-0.2, 0) is 13.0 Å². The van der Waals surface area contributed by atoms with Crippen molar-refractivity contribution in [3.05, 3.63) is 35.7 Å². The highest BCUT2D eigenvalue weighted by atomic mass is 15.1. The summed E-state index contributed by atoms with van der Waals surface area (Å²) in [6.45, 7) is 6.81. The number of imidazole rings is 1. The first-order valence-corrected chi connectivity index (χ1v) is 6.88. The molecule has 1 heterocycles. The molecule has 1 aromatic heterocycles. The Morgan fingerprint density at radius 3 is 2.50 bits per heavy atom. The number of terminal acetylenes is 1. The van der Waals surface area contributed by atoms with Gasteiger partial charge in [0.1, 0.15) is 17.3 Å². The van der Waals surface area contributed by atoms with Crippen molar-refractivity contribution in [1.82, 2.24) is 9.55 Å². The molecule has 0 saturated carbocycles. The molecule has 2 rings (SSSR count). The standard InChI is InChI=1S/C17H21N3/c1-5-10-20-13(4)19-16(17(20)18)15-8-6-14(7-9-15)11-12(2)3/h1,6-9,12H,10-11,18H2,2-4H3. The molecular weight excluding hydrogens is 246 g/mol. The second-order valence-electron chi connectivity index (χ2n) is 5.48. The van der Waals surface area contributed by atoms with Gasteiger partial charge in [0.15, 0.2) is 0 Å². The number of nitrogens with two attached hydrogens (primary N) is 1. The summed E-state index contributed by atoms with van der Waals surface area (Å²) in [5, 5.41) is 0. The van der Waals surface area contributed by atoms with Crippen LogP contribution in [0.1, 0.15) is 25.2 Å². The Morgan fingerprint density at radius 2 is 1.95 bits per heavy atom. The van der Waals surface area contributed by atoms with Gasteiger partial charge in [-0.15, -0.1) is 6.42 Å². The average Bonchev–Trinajstić information content (AvgIpc) is 2.67. The molecule has 20 heavy (non-hydrogen) atoms. The van der Waals surface area contributed by atoms with Crippen molar-refractivity contribution in [2.75, 3.05) is 5.73 Å². The molecule has 0 amide bonds. The zero-order valence-corrected chi connectivity index (χ0v) is 12.4. The van der Waals surface area contributed by atoms with Crippen LogP contribution in [0.4, 0.5) is 5.82 Å². The van der Waals surface area contributed by atoms with E-state index >= 15 is 0 Å². The van der Waals surface area contributed by atoms with Crippen LogP contribution in [-0.4, -0.2) is 9.55 Å². The zero-order valence-electron chi connectivity index (χ0n) is 12.4. The largest absolute Gasteiger partial charge is 0.383 e. The Bertz CT molecular complexity index is 627. The number of rotatable bonds is 4. The van der Waals surface area contributed by atoms with E-state index in [9.17, 15) is 0 Å². The van der Waals surface area contributed by atoms with E-state index in [1.807, 2.05) is 11.5 Å². The van der Waals surface area contributed by atoms with E-state index in [0.717, 1.165) is 23.5 Å². The smallest absolute Gasteiger partial charge is 0.132 e. The molecule has 0 aliphatic carbocycles. The van der Waals surface area contributed by atoms with Gasteiger partial charge in [-0.1, -0.05) is 44.0 Å². The van der Waals surface area contributed by atoms with E-state index < -0.39 is 0 Å². The highest BCUT2D eigenvalue weighted by Crippen LogP contribution is 2.26.